The van der Waals surface area contributed by atoms with Crippen molar-refractivity contribution < 1.29 is 28.2 Å². The van der Waals surface area contributed by atoms with Gasteiger partial charge in [-0.2, -0.15) is 13.2 Å². The van der Waals surface area contributed by atoms with Crippen LogP contribution in [0.5, 0.6) is 0 Å². The molecule has 1 aromatic carbocycles. The van der Waals surface area contributed by atoms with Gasteiger partial charge in [-0.1, -0.05) is 12.1 Å². The summed E-state index contributed by atoms with van der Waals surface area (Å²) in [6, 6.07) is 2.79. The summed E-state index contributed by atoms with van der Waals surface area (Å²) in [6.07, 6.45) is -7.32. The van der Waals surface area contributed by atoms with Crippen molar-refractivity contribution in [2.24, 2.45) is 0 Å². The van der Waals surface area contributed by atoms with Crippen LogP contribution in [0.25, 0.3) is 0 Å². The highest BCUT2D eigenvalue weighted by molar-refractivity contribution is 6.17. The zero-order valence-electron chi connectivity index (χ0n) is 9.69. The van der Waals surface area contributed by atoms with Crippen LogP contribution in [-0.4, -0.2) is 28.5 Å². The van der Waals surface area contributed by atoms with E-state index in [1.54, 1.807) is 0 Å². The van der Waals surface area contributed by atoms with E-state index in [1.807, 2.05) is 0 Å². The number of alkyl halides is 4. The number of carbonyl (C=O) groups excluding carboxylic acids is 1. The Morgan fingerprint density at radius 1 is 1.32 bits per heavy atom. The molecule has 0 aliphatic heterocycles. The lowest BCUT2D eigenvalue weighted by molar-refractivity contribution is -0.138. The maximum absolute atomic E-state index is 12.7. The summed E-state index contributed by atoms with van der Waals surface area (Å²) < 4.78 is 38.1. The normalized spacial score (nSPS) is 15.1. The summed E-state index contributed by atoms with van der Waals surface area (Å²) in [5, 5.41) is 19.2. The molecule has 0 heterocycles. The van der Waals surface area contributed by atoms with Gasteiger partial charge < -0.3 is 10.2 Å². The van der Waals surface area contributed by atoms with E-state index in [1.165, 1.54) is 6.07 Å². The van der Waals surface area contributed by atoms with Gasteiger partial charge in [0.2, 0.25) is 0 Å². The number of aliphatic hydroxyl groups is 2. The molecule has 2 N–H and O–H groups in total. The van der Waals surface area contributed by atoms with Gasteiger partial charge in [-0.3, -0.25) is 4.79 Å². The molecule has 0 amide bonds. The Morgan fingerprint density at radius 3 is 2.42 bits per heavy atom. The van der Waals surface area contributed by atoms with E-state index >= 15 is 0 Å². The lowest BCUT2D eigenvalue weighted by Crippen LogP contribution is -2.20. The predicted molar refractivity (Wildman–Crippen MR) is 63.1 cm³/mol. The van der Waals surface area contributed by atoms with Gasteiger partial charge in [0.25, 0.3) is 0 Å². The van der Waals surface area contributed by atoms with Crippen LogP contribution in [0.2, 0.25) is 0 Å². The van der Waals surface area contributed by atoms with Gasteiger partial charge in [-0.15, -0.1) is 11.6 Å². The van der Waals surface area contributed by atoms with Crippen molar-refractivity contribution in [1.29, 1.82) is 0 Å². The second kappa shape index (κ2) is 6.36. The van der Waals surface area contributed by atoms with E-state index in [9.17, 15) is 28.2 Å². The van der Waals surface area contributed by atoms with Crippen LogP contribution >= 0.6 is 11.6 Å². The maximum Gasteiger partial charge on any atom is 0.417 e. The molecule has 0 spiro atoms. The van der Waals surface area contributed by atoms with E-state index < -0.39 is 29.5 Å². The quantitative estimate of drug-likeness (QED) is 0.648. The smallest absolute Gasteiger partial charge is 0.390 e. The molecule has 0 aliphatic carbocycles. The van der Waals surface area contributed by atoms with Gasteiger partial charge in [0.1, 0.15) is 6.10 Å². The van der Waals surface area contributed by atoms with Crippen LogP contribution in [-0.2, 0) is 6.18 Å². The minimum atomic E-state index is -4.70. The first kappa shape index (κ1) is 15.9. The van der Waals surface area contributed by atoms with Crippen molar-refractivity contribution in [3.05, 3.63) is 34.9 Å². The molecular formula is C12H12ClF3O3. The molecule has 0 radical (unpaired) electrons. The number of halogens is 4. The summed E-state index contributed by atoms with van der Waals surface area (Å²) in [6.45, 7) is 0. The first-order valence-electron chi connectivity index (χ1n) is 5.39. The molecule has 1 aromatic rings. The Balaban J connectivity index is 3.15. The monoisotopic (exact) mass is 296 g/mol. The molecule has 19 heavy (non-hydrogen) atoms. The van der Waals surface area contributed by atoms with Crippen LogP contribution in [0, 0.1) is 0 Å². The Morgan fingerprint density at radius 2 is 1.95 bits per heavy atom. The molecule has 3 nitrogen and oxygen atoms in total. The number of hydrogen-bond donors (Lipinski definition) is 2. The second-order valence-electron chi connectivity index (χ2n) is 3.95. The Labute approximate surface area is 112 Å². The van der Waals surface area contributed by atoms with Crippen LogP contribution < -0.4 is 0 Å². The predicted octanol–water partition coefficient (Wildman–Crippen LogP) is 2.54. The SMILES string of the molecule is O=Cc1ccc(C(O)C(O)CCCl)cc1C(F)(F)F. The zero-order chi connectivity index (χ0) is 14.6. The van der Waals surface area contributed by atoms with Crippen molar-refractivity contribution in [1.82, 2.24) is 0 Å². The molecule has 1 rings (SSSR count). The number of aliphatic hydroxyl groups excluding tert-OH is 2. The molecule has 106 valence electrons. The minimum Gasteiger partial charge on any atom is -0.390 e. The summed E-state index contributed by atoms with van der Waals surface area (Å²) >= 11 is 5.38. The lowest BCUT2D eigenvalue weighted by atomic mass is 9.97. The highest BCUT2D eigenvalue weighted by atomic mass is 35.5. The van der Waals surface area contributed by atoms with Crippen molar-refractivity contribution in [3.8, 4) is 0 Å². The Kier molecular flexibility index (Phi) is 5.34. The molecule has 0 saturated carbocycles. The Bertz CT molecular complexity index is 448. The number of carbonyl (C=O) groups is 1. The molecule has 0 fully saturated rings. The maximum atomic E-state index is 12.7. The molecule has 0 bridgehead atoms. The van der Waals surface area contributed by atoms with Crippen molar-refractivity contribution in [3.63, 3.8) is 0 Å². The van der Waals surface area contributed by atoms with Gasteiger partial charge in [-0.05, 0) is 18.1 Å². The molecule has 7 heteroatoms. The number of aldehydes is 1. The van der Waals surface area contributed by atoms with Gasteiger partial charge in [0, 0.05) is 11.4 Å². The van der Waals surface area contributed by atoms with E-state index in [0.717, 1.165) is 6.07 Å². The fourth-order valence-corrected chi connectivity index (χ4v) is 1.82. The summed E-state index contributed by atoms with van der Waals surface area (Å²) in [5.74, 6) is 0.0662. The fraction of sp³-hybridized carbons (Fsp3) is 0.417. The van der Waals surface area contributed by atoms with Crippen LogP contribution in [0.3, 0.4) is 0 Å². The fourth-order valence-electron chi connectivity index (χ4n) is 1.60. The molecule has 2 atom stereocenters. The van der Waals surface area contributed by atoms with Gasteiger partial charge in [0.15, 0.2) is 6.29 Å². The first-order chi connectivity index (χ1) is 8.81. The number of benzene rings is 1. The highest BCUT2D eigenvalue weighted by Crippen LogP contribution is 2.33. The number of hydrogen-bond acceptors (Lipinski definition) is 3. The topological polar surface area (TPSA) is 57.5 Å². The van der Waals surface area contributed by atoms with E-state index in [0.29, 0.717) is 6.07 Å². The standard InChI is InChI=1S/C12H12ClF3O3/c13-4-3-10(18)11(19)7-1-2-8(6-17)9(5-7)12(14,15)16/h1-2,5-6,10-11,18-19H,3-4H2. The van der Waals surface area contributed by atoms with E-state index in [-0.39, 0.29) is 24.2 Å². The Hall–Kier alpha value is -1.11. The zero-order valence-corrected chi connectivity index (χ0v) is 10.4. The van der Waals surface area contributed by atoms with Crippen LogP contribution in [0.1, 0.15) is 34.0 Å². The van der Waals surface area contributed by atoms with Crippen molar-refractivity contribution in [2.45, 2.75) is 24.8 Å². The van der Waals surface area contributed by atoms with Gasteiger partial charge in [-0.25, -0.2) is 0 Å². The second-order valence-corrected chi connectivity index (χ2v) is 4.33. The molecule has 2 unspecified atom stereocenters. The average Bonchev–Trinajstić information content (AvgIpc) is 2.36. The van der Waals surface area contributed by atoms with Gasteiger partial charge >= 0.3 is 6.18 Å². The lowest BCUT2D eigenvalue weighted by Gasteiger charge is -2.19. The highest BCUT2D eigenvalue weighted by Gasteiger charge is 2.34. The van der Waals surface area contributed by atoms with E-state index in [4.69, 9.17) is 11.6 Å². The third kappa shape index (κ3) is 3.92. The van der Waals surface area contributed by atoms with E-state index in [2.05, 4.69) is 0 Å². The van der Waals surface area contributed by atoms with Crippen LogP contribution in [0.15, 0.2) is 18.2 Å². The third-order valence-electron chi connectivity index (χ3n) is 2.62. The molecule has 0 saturated heterocycles. The van der Waals surface area contributed by atoms with Crippen molar-refractivity contribution in [2.75, 3.05) is 5.88 Å². The largest absolute Gasteiger partial charge is 0.417 e. The molecular weight excluding hydrogens is 285 g/mol. The molecule has 0 aliphatic rings. The minimum absolute atomic E-state index is 0.0412. The summed E-state index contributed by atoms with van der Waals surface area (Å²) in [4.78, 5) is 10.6. The first-order valence-corrected chi connectivity index (χ1v) is 5.93. The number of rotatable bonds is 5. The average molecular weight is 297 g/mol. The summed E-state index contributed by atoms with van der Waals surface area (Å²) in [5.41, 5.74) is -1.78. The van der Waals surface area contributed by atoms with Crippen LogP contribution in [0.4, 0.5) is 13.2 Å². The summed E-state index contributed by atoms with van der Waals surface area (Å²) in [7, 11) is 0. The van der Waals surface area contributed by atoms with Crippen molar-refractivity contribution >= 4 is 17.9 Å². The van der Waals surface area contributed by atoms with Gasteiger partial charge in [0.05, 0.1) is 11.7 Å². The molecule has 0 aromatic heterocycles. The third-order valence-corrected chi connectivity index (χ3v) is 2.84.